The van der Waals surface area contributed by atoms with E-state index in [4.69, 9.17) is 0 Å². The first-order valence-corrected chi connectivity index (χ1v) is 9.84. The van der Waals surface area contributed by atoms with Crippen molar-refractivity contribution in [2.24, 2.45) is 4.99 Å². The van der Waals surface area contributed by atoms with Crippen molar-refractivity contribution >= 4 is 23.1 Å². The summed E-state index contributed by atoms with van der Waals surface area (Å²) in [5.74, 6) is 0.444. The molecule has 154 valence electrons. The maximum atomic E-state index is 13.0. The third-order valence-corrected chi connectivity index (χ3v) is 4.97. The fourth-order valence-electron chi connectivity index (χ4n) is 2.39. The van der Waals surface area contributed by atoms with Crippen LogP contribution in [-0.4, -0.2) is 42.1 Å². The molecule has 10 heteroatoms. The van der Waals surface area contributed by atoms with E-state index in [9.17, 15) is 13.2 Å². The molecular weight excluding hydrogens is 389 g/mol. The molecule has 0 atom stereocenters. The molecule has 0 fully saturated rings. The lowest BCUT2D eigenvalue weighted by atomic mass is 10.2. The van der Waals surface area contributed by atoms with E-state index in [-0.39, 0.29) is 12.4 Å². The number of rotatable bonds is 8. The topological polar surface area (TPSA) is 74.2 Å². The Morgan fingerprint density at radius 3 is 2.64 bits per heavy atom. The minimum Gasteiger partial charge on any atom is -0.368 e. The Bertz CT molecular complexity index is 768. The summed E-state index contributed by atoms with van der Waals surface area (Å²) in [5.41, 5.74) is 0.275. The highest BCUT2D eigenvalue weighted by Gasteiger charge is 2.33. The van der Waals surface area contributed by atoms with Crippen LogP contribution in [0.1, 0.15) is 28.1 Å². The fourth-order valence-corrected chi connectivity index (χ4v) is 3.31. The second-order valence-corrected chi connectivity index (χ2v) is 7.30. The van der Waals surface area contributed by atoms with Gasteiger partial charge in [-0.05, 0) is 32.9 Å². The highest BCUT2D eigenvalue weighted by molar-refractivity contribution is 7.11. The van der Waals surface area contributed by atoms with Gasteiger partial charge in [0.1, 0.15) is 5.82 Å². The normalized spacial score (nSPS) is 12.1. The number of thiazole rings is 1. The minimum atomic E-state index is -4.44. The van der Waals surface area contributed by atoms with Gasteiger partial charge >= 0.3 is 6.18 Å². The predicted molar refractivity (Wildman–Crippen MR) is 107 cm³/mol. The Hall–Kier alpha value is -2.36. The van der Waals surface area contributed by atoms with Crippen molar-refractivity contribution in [2.75, 3.05) is 31.5 Å². The average Bonchev–Trinajstić information content (AvgIpc) is 2.96. The third-order valence-electron chi connectivity index (χ3n) is 3.84. The lowest BCUT2D eigenvalue weighted by molar-refractivity contribution is -0.137. The lowest BCUT2D eigenvalue weighted by Crippen LogP contribution is -2.39. The van der Waals surface area contributed by atoms with Gasteiger partial charge in [0.2, 0.25) is 0 Å². The second kappa shape index (κ2) is 10.3. The number of guanidine groups is 1. The first-order valence-electron chi connectivity index (χ1n) is 9.02. The smallest absolute Gasteiger partial charge is 0.368 e. The molecule has 6 nitrogen and oxygen atoms in total. The highest BCUT2D eigenvalue weighted by atomic mass is 32.1. The Morgan fingerprint density at radius 1 is 1.21 bits per heavy atom. The van der Waals surface area contributed by atoms with E-state index in [1.54, 1.807) is 11.3 Å². The molecule has 0 spiro atoms. The molecule has 2 aromatic heterocycles. The summed E-state index contributed by atoms with van der Waals surface area (Å²) in [6.45, 7) is 7.92. The fraction of sp³-hybridized carbons (Fsp3) is 0.500. The quantitative estimate of drug-likeness (QED) is 0.351. The molecular formula is C18H25F3N6S. The summed E-state index contributed by atoms with van der Waals surface area (Å²) < 4.78 is 38.9. The van der Waals surface area contributed by atoms with E-state index in [1.165, 1.54) is 17.1 Å². The van der Waals surface area contributed by atoms with Gasteiger partial charge in [0.25, 0.3) is 0 Å². The zero-order valence-corrected chi connectivity index (χ0v) is 17.0. The van der Waals surface area contributed by atoms with Crippen molar-refractivity contribution in [3.8, 4) is 0 Å². The van der Waals surface area contributed by atoms with Crippen LogP contribution < -0.4 is 16.0 Å². The molecule has 2 rings (SSSR count). The van der Waals surface area contributed by atoms with Gasteiger partial charge in [-0.3, -0.25) is 4.99 Å². The maximum absolute atomic E-state index is 13.0. The van der Waals surface area contributed by atoms with Crippen LogP contribution in [0.2, 0.25) is 0 Å². The number of hydrogen-bond donors (Lipinski definition) is 3. The number of halogens is 3. The van der Waals surface area contributed by atoms with Gasteiger partial charge in [0.05, 0.1) is 16.3 Å². The Kier molecular flexibility index (Phi) is 8.04. The number of nitrogens with one attached hydrogen (secondary N) is 3. The van der Waals surface area contributed by atoms with Crippen molar-refractivity contribution in [3.05, 3.63) is 39.5 Å². The number of hydrogen-bond acceptors (Lipinski definition) is 5. The van der Waals surface area contributed by atoms with Crippen LogP contribution >= 0.6 is 11.3 Å². The van der Waals surface area contributed by atoms with E-state index in [1.807, 2.05) is 20.8 Å². The molecule has 0 aliphatic rings. The molecule has 0 unspecified atom stereocenters. The molecule has 0 aromatic carbocycles. The highest BCUT2D eigenvalue weighted by Crippen LogP contribution is 2.33. The molecule has 3 N–H and O–H groups in total. The number of nitrogens with zero attached hydrogens (tertiary/aromatic N) is 3. The van der Waals surface area contributed by atoms with Crippen LogP contribution in [0.4, 0.5) is 19.0 Å². The SMILES string of the molecule is CCNC(=NCCc1nc(C)c(C)s1)NCCNc1ncccc1C(F)(F)F. The van der Waals surface area contributed by atoms with Gasteiger partial charge in [-0.2, -0.15) is 13.2 Å². The Labute approximate surface area is 166 Å². The van der Waals surface area contributed by atoms with Crippen molar-refractivity contribution in [1.29, 1.82) is 0 Å². The average molecular weight is 415 g/mol. The van der Waals surface area contributed by atoms with Crippen molar-refractivity contribution in [2.45, 2.75) is 33.4 Å². The van der Waals surface area contributed by atoms with Crippen LogP contribution in [-0.2, 0) is 12.6 Å². The molecule has 0 aliphatic carbocycles. The van der Waals surface area contributed by atoms with Crippen LogP contribution in [0.3, 0.4) is 0 Å². The Morgan fingerprint density at radius 2 is 2.00 bits per heavy atom. The molecule has 0 amide bonds. The number of anilines is 1. The van der Waals surface area contributed by atoms with Gasteiger partial charge in [-0.1, -0.05) is 0 Å². The summed E-state index contributed by atoms with van der Waals surface area (Å²) >= 11 is 1.67. The first-order chi connectivity index (χ1) is 13.3. The van der Waals surface area contributed by atoms with Gasteiger partial charge in [0, 0.05) is 43.7 Å². The zero-order valence-electron chi connectivity index (χ0n) is 16.2. The van der Waals surface area contributed by atoms with Crippen LogP contribution in [0.15, 0.2) is 23.3 Å². The molecule has 0 saturated heterocycles. The first kappa shape index (κ1) is 21.9. The van der Waals surface area contributed by atoms with Gasteiger partial charge < -0.3 is 16.0 Å². The van der Waals surface area contributed by atoms with E-state index >= 15 is 0 Å². The summed E-state index contributed by atoms with van der Waals surface area (Å²) in [4.78, 5) is 14.0. The van der Waals surface area contributed by atoms with Crippen LogP contribution in [0.25, 0.3) is 0 Å². The van der Waals surface area contributed by atoms with Gasteiger partial charge in [-0.25, -0.2) is 9.97 Å². The van der Waals surface area contributed by atoms with Crippen molar-refractivity contribution in [3.63, 3.8) is 0 Å². The summed E-state index contributed by atoms with van der Waals surface area (Å²) in [5, 5.41) is 9.99. The molecule has 0 radical (unpaired) electrons. The van der Waals surface area contributed by atoms with Crippen LogP contribution in [0, 0.1) is 13.8 Å². The molecule has 0 saturated carbocycles. The van der Waals surface area contributed by atoms with E-state index in [0.717, 1.165) is 23.2 Å². The maximum Gasteiger partial charge on any atom is 0.419 e. The van der Waals surface area contributed by atoms with E-state index in [0.29, 0.717) is 25.6 Å². The second-order valence-electron chi connectivity index (χ2n) is 6.01. The molecule has 28 heavy (non-hydrogen) atoms. The molecule has 0 aliphatic heterocycles. The standard InChI is InChI=1S/C18H25F3N6S/c1-4-22-17(25-9-7-15-27-12(2)13(3)28-15)26-11-10-24-16-14(18(19,20)21)6-5-8-23-16/h5-6,8H,4,7,9-11H2,1-3H3,(H,23,24)(H2,22,25,26). The molecule has 2 aromatic rings. The third kappa shape index (κ3) is 6.66. The van der Waals surface area contributed by atoms with Crippen molar-refractivity contribution in [1.82, 2.24) is 20.6 Å². The van der Waals surface area contributed by atoms with Gasteiger partial charge in [-0.15, -0.1) is 11.3 Å². The predicted octanol–water partition coefficient (Wildman–Crippen LogP) is 3.38. The molecule has 0 bridgehead atoms. The van der Waals surface area contributed by atoms with Crippen LogP contribution in [0.5, 0.6) is 0 Å². The largest absolute Gasteiger partial charge is 0.419 e. The number of aliphatic imine (C=N–C) groups is 1. The minimum absolute atomic E-state index is 0.173. The summed E-state index contributed by atoms with van der Waals surface area (Å²) in [6.07, 6.45) is -2.36. The molecule has 2 heterocycles. The van der Waals surface area contributed by atoms with Crippen molar-refractivity contribution < 1.29 is 13.2 Å². The summed E-state index contributed by atoms with van der Waals surface area (Å²) in [6, 6.07) is 2.28. The van der Waals surface area contributed by atoms with E-state index in [2.05, 4.69) is 30.9 Å². The number of aryl methyl sites for hydroxylation is 2. The number of aromatic nitrogens is 2. The summed E-state index contributed by atoms with van der Waals surface area (Å²) in [7, 11) is 0. The number of alkyl halides is 3. The lowest BCUT2D eigenvalue weighted by Gasteiger charge is -2.14. The van der Waals surface area contributed by atoms with E-state index < -0.39 is 11.7 Å². The zero-order chi connectivity index (χ0) is 20.6. The van der Waals surface area contributed by atoms with Gasteiger partial charge in [0.15, 0.2) is 5.96 Å². The number of pyridine rings is 1. The monoisotopic (exact) mass is 414 g/mol. The Balaban J connectivity index is 1.83.